The zero-order valence-corrected chi connectivity index (χ0v) is 22.9. The molecule has 0 unspecified atom stereocenters. The third-order valence-corrected chi connectivity index (χ3v) is 9.88. The maximum absolute atomic E-state index is 13.9. The molecule has 15 heteroatoms. The van der Waals surface area contributed by atoms with Crippen LogP contribution < -0.4 is 5.32 Å². The molecule has 3 aromatic heterocycles. The van der Waals surface area contributed by atoms with Gasteiger partial charge in [0.2, 0.25) is 5.95 Å². The van der Waals surface area contributed by atoms with Crippen LogP contribution in [-0.4, -0.2) is 76.8 Å². The molecule has 5 rings (SSSR count). The quantitative estimate of drug-likeness (QED) is 0.427. The predicted octanol–water partition coefficient (Wildman–Crippen LogP) is 3.66. The number of alkyl halides is 3. The number of likely N-dealkylation sites (tertiary alicyclic amines) is 1. The van der Waals surface area contributed by atoms with E-state index in [-0.39, 0.29) is 47.3 Å². The number of halogens is 3. The summed E-state index contributed by atoms with van der Waals surface area (Å²) >= 11 is 0.925. The van der Waals surface area contributed by atoms with Gasteiger partial charge in [-0.3, -0.25) is 4.68 Å². The minimum Gasteiger partial charge on any atom is -0.395 e. The van der Waals surface area contributed by atoms with Crippen LogP contribution in [0.5, 0.6) is 0 Å². The largest absolute Gasteiger partial charge is 0.420 e. The van der Waals surface area contributed by atoms with E-state index < -0.39 is 27.3 Å². The van der Waals surface area contributed by atoms with E-state index in [9.17, 15) is 26.7 Å². The van der Waals surface area contributed by atoms with Crippen LogP contribution in [0.1, 0.15) is 41.9 Å². The molecular weight excluding hydrogens is 557 g/mol. The summed E-state index contributed by atoms with van der Waals surface area (Å²) in [6.45, 7) is 4.41. The highest BCUT2D eigenvalue weighted by Crippen LogP contribution is 2.42. The number of hydrogen-bond acceptors (Lipinski definition) is 10. The first kappa shape index (κ1) is 28.0. The van der Waals surface area contributed by atoms with Gasteiger partial charge in [-0.15, -0.1) is 11.3 Å². The van der Waals surface area contributed by atoms with Crippen molar-refractivity contribution in [2.24, 2.45) is 0 Å². The molecule has 2 N–H and O–H groups in total. The van der Waals surface area contributed by atoms with Crippen LogP contribution >= 0.6 is 11.3 Å². The second-order valence-electron chi connectivity index (χ2n) is 9.47. The number of nitrogens with zero attached hydrogens (tertiary/aromatic N) is 5. The molecule has 0 amide bonds. The number of ether oxygens (including phenoxy) is 1. The van der Waals surface area contributed by atoms with Crippen LogP contribution in [-0.2, 0) is 33.8 Å². The predicted molar refractivity (Wildman–Crippen MR) is 139 cm³/mol. The van der Waals surface area contributed by atoms with Gasteiger partial charge in [-0.05, 0) is 25.3 Å². The number of aromatic nitrogens is 4. The molecule has 1 fully saturated rings. The van der Waals surface area contributed by atoms with Crippen LogP contribution in [0.4, 0.5) is 24.8 Å². The van der Waals surface area contributed by atoms with E-state index in [0.717, 1.165) is 43.0 Å². The number of nitrogens with one attached hydrogen (secondary N) is 1. The average molecular weight is 587 g/mol. The number of aliphatic hydroxyl groups excluding tert-OH is 1. The highest BCUT2D eigenvalue weighted by molar-refractivity contribution is 7.91. The van der Waals surface area contributed by atoms with Crippen molar-refractivity contribution in [2.45, 2.75) is 49.9 Å². The lowest BCUT2D eigenvalue weighted by molar-refractivity contribution is -0.137. The molecule has 1 saturated heterocycles. The molecule has 0 radical (unpaired) electrons. The third kappa shape index (κ3) is 5.96. The molecule has 0 atom stereocenters. The van der Waals surface area contributed by atoms with Crippen LogP contribution in [0.15, 0.2) is 23.4 Å². The van der Waals surface area contributed by atoms with Crippen molar-refractivity contribution in [2.75, 3.05) is 43.9 Å². The van der Waals surface area contributed by atoms with Crippen molar-refractivity contribution in [3.05, 3.63) is 34.6 Å². The van der Waals surface area contributed by atoms with Crippen molar-refractivity contribution in [3.8, 4) is 10.6 Å². The Morgan fingerprint density at radius 2 is 2.05 bits per heavy atom. The molecule has 2 aliphatic rings. The first-order valence-corrected chi connectivity index (χ1v) is 15.1. The Kier molecular flexibility index (Phi) is 7.97. The molecule has 10 nitrogen and oxygen atoms in total. The number of sulfone groups is 1. The van der Waals surface area contributed by atoms with Crippen molar-refractivity contribution in [1.29, 1.82) is 0 Å². The van der Waals surface area contributed by atoms with Crippen LogP contribution in [0.25, 0.3) is 10.6 Å². The number of thiophene rings is 1. The Balaban J connectivity index is 1.46. The molecular formula is C24H29F3N6O4S2. The molecule has 0 saturated carbocycles. The fraction of sp³-hybridized carbons (Fsp3) is 0.542. The van der Waals surface area contributed by atoms with E-state index in [1.807, 2.05) is 17.8 Å². The number of rotatable bonds is 7. The van der Waals surface area contributed by atoms with Gasteiger partial charge in [-0.1, -0.05) is 6.92 Å². The summed E-state index contributed by atoms with van der Waals surface area (Å²) in [7, 11) is -3.68. The van der Waals surface area contributed by atoms with Crippen LogP contribution in [0.3, 0.4) is 0 Å². The van der Waals surface area contributed by atoms with E-state index >= 15 is 0 Å². The molecule has 2 aliphatic heterocycles. The van der Waals surface area contributed by atoms with Crippen molar-refractivity contribution in [1.82, 2.24) is 24.6 Å². The van der Waals surface area contributed by atoms with Crippen molar-refractivity contribution >= 4 is 32.8 Å². The average Bonchev–Trinajstić information content (AvgIpc) is 3.48. The van der Waals surface area contributed by atoms with E-state index in [1.54, 1.807) is 0 Å². The van der Waals surface area contributed by atoms with Crippen molar-refractivity contribution < 1.29 is 31.4 Å². The second kappa shape index (κ2) is 11.1. The SMILES string of the molecule is CCc1nn(C2CCN(CCO)CC2)cc1Nc1ncc(C(F)(F)F)c(-c2cc3c(s2)COCCS3(=O)=O)n1. The lowest BCUT2D eigenvalue weighted by atomic mass is 10.1. The van der Waals surface area contributed by atoms with E-state index in [0.29, 0.717) is 29.7 Å². The summed E-state index contributed by atoms with van der Waals surface area (Å²) < 4.78 is 74.2. The minimum absolute atomic E-state index is 0.00867. The van der Waals surface area contributed by atoms with Crippen LogP contribution in [0, 0.1) is 0 Å². The Hall–Kier alpha value is -2.59. The van der Waals surface area contributed by atoms with E-state index in [2.05, 4.69) is 20.2 Å². The molecule has 0 aromatic carbocycles. The van der Waals surface area contributed by atoms with Gasteiger partial charge >= 0.3 is 6.18 Å². The number of fused-ring (bicyclic) bond motifs is 1. The van der Waals surface area contributed by atoms with Crippen molar-refractivity contribution in [3.63, 3.8) is 0 Å². The Morgan fingerprint density at radius 3 is 2.74 bits per heavy atom. The van der Waals surface area contributed by atoms with Gasteiger partial charge in [-0.2, -0.15) is 18.3 Å². The monoisotopic (exact) mass is 586 g/mol. The number of anilines is 2. The lowest BCUT2D eigenvalue weighted by Crippen LogP contribution is -2.36. The molecule has 0 aliphatic carbocycles. The number of piperidine rings is 1. The highest BCUT2D eigenvalue weighted by Gasteiger charge is 2.37. The van der Waals surface area contributed by atoms with Gasteiger partial charge < -0.3 is 20.1 Å². The van der Waals surface area contributed by atoms with Gasteiger partial charge in [0.1, 0.15) is 5.56 Å². The Bertz CT molecular complexity index is 1430. The molecule has 3 aromatic rings. The summed E-state index contributed by atoms with van der Waals surface area (Å²) in [5.74, 6) is -0.281. The maximum Gasteiger partial charge on any atom is 0.420 e. The highest BCUT2D eigenvalue weighted by atomic mass is 32.2. The number of β-amino-alcohol motifs (C(OH)–C–C–N with tert-alkyl or cyclic N) is 1. The second-order valence-corrected chi connectivity index (χ2v) is 12.7. The van der Waals surface area contributed by atoms with Gasteiger partial charge in [0.05, 0.1) is 58.5 Å². The van der Waals surface area contributed by atoms with Gasteiger partial charge in [0, 0.05) is 36.9 Å². The molecule has 0 spiro atoms. The third-order valence-electron chi connectivity index (χ3n) is 6.90. The molecule has 0 bridgehead atoms. The zero-order chi connectivity index (χ0) is 27.8. The number of hydrogen-bond donors (Lipinski definition) is 2. The standard InChI is InChI=1S/C24H29F3N6O4S2/c1-2-17-18(13-33(31-17)15-3-5-32(6-4-15)7-8-34)29-23-28-12-16(24(25,26)27)22(30-23)19-11-21-20(38-19)14-37-9-10-39(21,35)36/h11-13,15,34H,2-10,14H2,1H3,(H,28,29,30). The zero-order valence-electron chi connectivity index (χ0n) is 21.2. The summed E-state index contributed by atoms with van der Waals surface area (Å²) in [4.78, 5) is 10.8. The fourth-order valence-electron chi connectivity index (χ4n) is 4.82. The summed E-state index contributed by atoms with van der Waals surface area (Å²) in [6.07, 6.45) is 0.106. The molecule has 5 heterocycles. The lowest BCUT2D eigenvalue weighted by Gasteiger charge is -2.31. The Morgan fingerprint density at radius 1 is 1.28 bits per heavy atom. The Labute approximate surface area is 227 Å². The normalized spacial score (nSPS) is 18.6. The summed E-state index contributed by atoms with van der Waals surface area (Å²) in [5, 5.41) is 16.9. The minimum atomic E-state index is -4.74. The maximum atomic E-state index is 13.9. The fourth-order valence-corrected chi connectivity index (χ4v) is 7.66. The summed E-state index contributed by atoms with van der Waals surface area (Å²) in [6, 6.07) is 1.42. The first-order chi connectivity index (χ1) is 18.6. The van der Waals surface area contributed by atoms with Crippen LogP contribution in [0.2, 0.25) is 0 Å². The van der Waals surface area contributed by atoms with Gasteiger partial charge in [0.15, 0.2) is 9.84 Å². The molecule has 39 heavy (non-hydrogen) atoms. The number of aryl methyl sites for hydroxylation is 1. The topological polar surface area (TPSA) is 122 Å². The smallest absolute Gasteiger partial charge is 0.395 e. The molecule has 212 valence electrons. The van der Waals surface area contributed by atoms with Gasteiger partial charge in [0.25, 0.3) is 0 Å². The van der Waals surface area contributed by atoms with E-state index in [4.69, 9.17) is 9.84 Å². The number of aliphatic hydroxyl groups is 1. The van der Waals surface area contributed by atoms with E-state index in [1.165, 1.54) is 6.07 Å². The summed E-state index contributed by atoms with van der Waals surface area (Å²) in [5.41, 5.74) is -0.123. The first-order valence-electron chi connectivity index (χ1n) is 12.6. The van der Waals surface area contributed by atoms with Gasteiger partial charge in [-0.25, -0.2) is 18.4 Å².